The Morgan fingerprint density at radius 3 is 3.08 bits per heavy atom. The van der Waals surface area contributed by atoms with E-state index in [1.54, 1.807) is 11.0 Å². The van der Waals surface area contributed by atoms with Gasteiger partial charge in [0.25, 0.3) is 0 Å². The molecule has 7 nitrogen and oxygen atoms in total. The summed E-state index contributed by atoms with van der Waals surface area (Å²) in [5, 5.41) is 10.5. The maximum absolute atomic E-state index is 12.5. The fourth-order valence-corrected chi connectivity index (χ4v) is 3.69. The lowest BCUT2D eigenvalue weighted by Crippen LogP contribution is -2.31. The second-order valence-corrected chi connectivity index (χ2v) is 6.89. The van der Waals surface area contributed by atoms with Gasteiger partial charge in [-0.3, -0.25) is 4.79 Å². The third-order valence-corrected chi connectivity index (χ3v) is 5.26. The zero-order valence-electron chi connectivity index (χ0n) is 14.1. The van der Waals surface area contributed by atoms with Gasteiger partial charge in [0.05, 0.1) is 6.54 Å². The number of nitrogens with one attached hydrogen (secondary N) is 2. The zero-order valence-corrected chi connectivity index (χ0v) is 14.1. The quantitative estimate of drug-likeness (QED) is 0.836. The summed E-state index contributed by atoms with van der Waals surface area (Å²) in [5.74, 6) is 1.04. The van der Waals surface area contributed by atoms with Crippen LogP contribution >= 0.6 is 0 Å². The first kappa shape index (κ1) is 16.1. The zero-order chi connectivity index (χ0) is 17.1. The number of anilines is 1. The van der Waals surface area contributed by atoms with Gasteiger partial charge in [-0.15, -0.1) is 0 Å². The molecule has 25 heavy (non-hydrogen) atoms. The molecule has 1 aliphatic carbocycles. The van der Waals surface area contributed by atoms with Crippen LogP contribution in [0.4, 0.5) is 5.69 Å². The predicted molar refractivity (Wildman–Crippen MR) is 93.2 cm³/mol. The van der Waals surface area contributed by atoms with E-state index in [4.69, 9.17) is 4.74 Å². The third-order valence-electron chi connectivity index (χ3n) is 5.26. The van der Waals surface area contributed by atoms with Crippen molar-refractivity contribution in [2.75, 3.05) is 25.0 Å². The number of carbonyl (C=O) groups excluding carboxylic acids is 1. The number of carbonyl (C=O) groups is 1. The molecule has 0 bridgehead atoms. The Bertz CT molecular complexity index is 725. The van der Waals surface area contributed by atoms with Gasteiger partial charge in [-0.05, 0) is 49.9 Å². The minimum absolute atomic E-state index is 0.140. The first-order chi connectivity index (χ1) is 12.3. The number of amides is 1. The normalized spacial score (nSPS) is 21.0. The van der Waals surface area contributed by atoms with Crippen LogP contribution < -0.4 is 15.4 Å². The van der Waals surface area contributed by atoms with Gasteiger partial charge in [0.15, 0.2) is 0 Å². The van der Waals surface area contributed by atoms with E-state index in [1.165, 1.54) is 6.33 Å². The van der Waals surface area contributed by atoms with Crippen LogP contribution in [0.5, 0.6) is 5.75 Å². The van der Waals surface area contributed by atoms with Crippen molar-refractivity contribution >= 4 is 11.6 Å². The van der Waals surface area contributed by atoms with Gasteiger partial charge < -0.3 is 15.4 Å². The molecule has 1 saturated heterocycles. The lowest BCUT2D eigenvalue weighted by atomic mass is 9.92. The molecule has 2 heterocycles. The minimum atomic E-state index is 0.140. The summed E-state index contributed by atoms with van der Waals surface area (Å²) < 4.78 is 7.46. The van der Waals surface area contributed by atoms with Crippen LogP contribution in [0.2, 0.25) is 0 Å². The Morgan fingerprint density at radius 2 is 2.28 bits per heavy atom. The molecule has 1 aromatic carbocycles. The summed E-state index contributed by atoms with van der Waals surface area (Å²) in [6.07, 6.45) is 6.40. The number of nitrogens with zero attached hydrogens (tertiary/aromatic N) is 3. The Morgan fingerprint density at radius 1 is 1.40 bits per heavy atom. The summed E-state index contributed by atoms with van der Waals surface area (Å²) >= 11 is 0. The fourth-order valence-electron chi connectivity index (χ4n) is 3.69. The molecule has 1 saturated carbocycles. The average molecular weight is 341 g/mol. The van der Waals surface area contributed by atoms with Crippen LogP contribution in [0.1, 0.15) is 19.3 Å². The van der Waals surface area contributed by atoms with E-state index in [9.17, 15) is 4.79 Å². The Balaban J connectivity index is 1.30. The van der Waals surface area contributed by atoms with Crippen LogP contribution in [0.15, 0.2) is 36.9 Å². The Kier molecular flexibility index (Phi) is 4.40. The maximum atomic E-state index is 12.5. The molecule has 0 radical (unpaired) electrons. The van der Waals surface area contributed by atoms with E-state index in [2.05, 4.69) is 20.7 Å². The minimum Gasteiger partial charge on any atom is -0.492 e. The number of aromatic nitrogens is 3. The summed E-state index contributed by atoms with van der Waals surface area (Å²) in [7, 11) is 0. The highest BCUT2D eigenvalue weighted by atomic mass is 16.5. The summed E-state index contributed by atoms with van der Waals surface area (Å²) in [4.78, 5) is 16.4. The van der Waals surface area contributed by atoms with Crippen LogP contribution in [0.3, 0.4) is 0 Å². The van der Waals surface area contributed by atoms with Crippen molar-refractivity contribution in [3.05, 3.63) is 36.9 Å². The van der Waals surface area contributed by atoms with Gasteiger partial charge in [-0.25, -0.2) is 9.67 Å². The van der Waals surface area contributed by atoms with E-state index in [-0.39, 0.29) is 17.2 Å². The number of hydrogen-bond acceptors (Lipinski definition) is 5. The second kappa shape index (κ2) is 6.84. The SMILES string of the molecule is O=C(Nc1cccc(OCCn2cncn2)c1)C1CC12CCNCC2. The monoisotopic (exact) mass is 341 g/mol. The number of ether oxygens (including phenoxy) is 1. The van der Waals surface area contributed by atoms with E-state index in [0.717, 1.165) is 43.8 Å². The average Bonchev–Trinajstić information content (AvgIpc) is 3.06. The molecule has 2 aliphatic rings. The van der Waals surface area contributed by atoms with Crippen molar-refractivity contribution in [3.63, 3.8) is 0 Å². The van der Waals surface area contributed by atoms with Crippen molar-refractivity contribution < 1.29 is 9.53 Å². The summed E-state index contributed by atoms with van der Waals surface area (Å²) in [5.41, 5.74) is 1.04. The van der Waals surface area contributed by atoms with Crippen molar-refractivity contribution in [1.29, 1.82) is 0 Å². The van der Waals surface area contributed by atoms with Crippen LogP contribution in [0, 0.1) is 11.3 Å². The van der Waals surface area contributed by atoms with Crippen molar-refractivity contribution in [3.8, 4) is 5.75 Å². The van der Waals surface area contributed by atoms with Crippen LogP contribution in [-0.4, -0.2) is 40.4 Å². The van der Waals surface area contributed by atoms with E-state index in [0.29, 0.717) is 13.2 Å². The van der Waals surface area contributed by atoms with E-state index >= 15 is 0 Å². The predicted octanol–water partition coefficient (Wildman–Crippen LogP) is 1.69. The molecular weight excluding hydrogens is 318 g/mol. The standard InChI is InChI=1S/C18H23N5O2/c24-17(16-11-18(16)4-6-19-7-5-18)22-14-2-1-3-15(10-14)25-9-8-23-13-20-12-21-23/h1-3,10,12-13,16,19H,4-9,11H2,(H,22,24). The number of benzene rings is 1. The number of rotatable bonds is 6. The van der Waals surface area contributed by atoms with Crippen molar-refractivity contribution in [2.24, 2.45) is 11.3 Å². The summed E-state index contributed by atoms with van der Waals surface area (Å²) in [6.45, 7) is 3.19. The third kappa shape index (κ3) is 3.66. The molecular formula is C18H23N5O2. The largest absolute Gasteiger partial charge is 0.492 e. The summed E-state index contributed by atoms with van der Waals surface area (Å²) in [6, 6.07) is 7.56. The van der Waals surface area contributed by atoms with Gasteiger partial charge in [-0.2, -0.15) is 5.10 Å². The first-order valence-corrected chi connectivity index (χ1v) is 8.82. The maximum Gasteiger partial charge on any atom is 0.228 e. The molecule has 1 amide bonds. The van der Waals surface area contributed by atoms with Gasteiger partial charge in [0.1, 0.15) is 25.0 Å². The molecule has 2 N–H and O–H groups in total. The second-order valence-electron chi connectivity index (χ2n) is 6.89. The lowest BCUT2D eigenvalue weighted by molar-refractivity contribution is -0.118. The van der Waals surface area contributed by atoms with Gasteiger partial charge in [0.2, 0.25) is 5.91 Å². The molecule has 2 fully saturated rings. The molecule has 1 atom stereocenters. The molecule has 1 unspecified atom stereocenters. The molecule has 1 spiro atoms. The number of piperidine rings is 1. The number of hydrogen-bond donors (Lipinski definition) is 2. The highest BCUT2D eigenvalue weighted by molar-refractivity contribution is 5.95. The molecule has 7 heteroatoms. The van der Waals surface area contributed by atoms with Gasteiger partial charge in [0, 0.05) is 17.7 Å². The molecule has 1 aromatic heterocycles. The van der Waals surface area contributed by atoms with Gasteiger partial charge >= 0.3 is 0 Å². The van der Waals surface area contributed by atoms with Crippen molar-refractivity contribution in [1.82, 2.24) is 20.1 Å². The highest BCUT2D eigenvalue weighted by Crippen LogP contribution is 2.58. The fraction of sp³-hybridized carbons (Fsp3) is 0.500. The first-order valence-electron chi connectivity index (χ1n) is 8.82. The van der Waals surface area contributed by atoms with Crippen LogP contribution in [0.25, 0.3) is 0 Å². The molecule has 1 aliphatic heterocycles. The smallest absolute Gasteiger partial charge is 0.228 e. The molecule has 4 rings (SSSR count). The van der Waals surface area contributed by atoms with E-state index < -0.39 is 0 Å². The Hall–Kier alpha value is -2.41. The van der Waals surface area contributed by atoms with Crippen molar-refractivity contribution in [2.45, 2.75) is 25.8 Å². The molecule has 2 aromatic rings. The highest BCUT2D eigenvalue weighted by Gasteiger charge is 2.57. The van der Waals surface area contributed by atoms with E-state index in [1.807, 2.05) is 24.3 Å². The van der Waals surface area contributed by atoms with Gasteiger partial charge in [-0.1, -0.05) is 6.07 Å². The van der Waals surface area contributed by atoms with Crippen LogP contribution in [-0.2, 0) is 11.3 Å². The lowest BCUT2D eigenvalue weighted by Gasteiger charge is -2.23. The Labute approximate surface area is 146 Å². The molecule has 132 valence electrons. The topological polar surface area (TPSA) is 81.1 Å².